The fourth-order valence-electron chi connectivity index (χ4n) is 2.03. The molecule has 0 amide bonds. The zero-order chi connectivity index (χ0) is 17.4. The number of anilines is 3. The molecular weight excluding hydrogens is 306 g/mol. The highest BCUT2D eigenvalue weighted by molar-refractivity contribution is 5.81. The Balaban J connectivity index is 2.11. The molecule has 126 valence electrons. The topological polar surface area (TPSA) is 103 Å². The quantitative estimate of drug-likeness (QED) is 0.595. The van der Waals surface area contributed by atoms with Crippen molar-refractivity contribution in [2.45, 2.75) is 33.3 Å². The maximum Gasteiger partial charge on any atom is 0.330 e. The molecule has 0 atom stereocenters. The van der Waals surface area contributed by atoms with E-state index in [9.17, 15) is 4.79 Å². The van der Waals surface area contributed by atoms with Crippen molar-refractivity contribution in [3.63, 3.8) is 0 Å². The normalized spacial score (nSPS) is 10.8. The van der Waals surface area contributed by atoms with Gasteiger partial charge >= 0.3 is 5.97 Å². The molecule has 0 aliphatic carbocycles. The lowest BCUT2D eigenvalue weighted by Gasteiger charge is -2.10. The van der Waals surface area contributed by atoms with E-state index >= 15 is 0 Å². The summed E-state index contributed by atoms with van der Waals surface area (Å²) in [6, 6.07) is 7.86. The first-order valence-electron chi connectivity index (χ1n) is 7.81. The summed E-state index contributed by atoms with van der Waals surface area (Å²) in [5.74, 6) is 0.231. The fraction of sp³-hybridized carbons (Fsp3) is 0.294. The van der Waals surface area contributed by atoms with Crippen LogP contribution in [0.25, 0.3) is 0 Å². The average Bonchev–Trinajstić information content (AvgIpc) is 2.58. The molecule has 2 aromatic rings. The molecule has 0 aliphatic heterocycles. The van der Waals surface area contributed by atoms with Gasteiger partial charge in [0.15, 0.2) is 12.4 Å². The molecule has 0 bridgehead atoms. The lowest BCUT2D eigenvalue weighted by Crippen LogP contribution is -2.10. The van der Waals surface area contributed by atoms with Crippen LogP contribution in [0.2, 0.25) is 0 Å². The van der Waals surface area contributed by atoms with Crippen molar-refractivity contribution < 1.29 is 9.53 Å². The van der Waals surface area contributed by atoms with E-state index in [-0.39, 0.29) is 18.4 Å². The van der Waals surface area contributed by atoms with E-state index in [0.29, 0.717) is 5.95 Å². The third-order valence-corrected chi connectivity index (χ3v) is 3.18. The van der Waals surface area contributed by atoms with Crippen molar-refractivity contribution in [3.8, 4) is 0 Å². The minimum atomic E-state index is -0.443. The molecule has 0 aliphatic rings. The van der Waals surface area contributed by atoms with Crippen molar-refractivity contribution in [3.05, 3.63) is 47.8 Å². The monoisotopic (exact) mass is 327 g/mol. The molecule has 7 nitrogen and oxygen atoms in total. The Labute approximate surface area is 141 Å². The number of aromatic nitrogens is 3. The molecule has 1 heterocycles. The summed E-state index contributed by atoms with van der Waals surface area (Å²) in [7, 11) is 0. The van der Waals surface area contributed by atoms with E-state index in [1.807, 2.05) is 31.2 Å². The van der Waals surface area contributed by atoms with Gasteiger partial charge < -0.3 is 15.8 Å². The number of aryl methyl sites for hydroxylation is 1. The molecule has 1 aromatic carbocycles. The number of rotatable bonds is 7. The summed E-state index contributed by atoms with van der Waals surface area (Å²) >= 11 is 0. The molecule has 0 saturated heterocycles. The number of hydrogen-bond acceptors (Lipinski definition) is 7. The van der Waals surface area contributed by atoms with Crippen molar-refractivity contribution >= 4 is 23.6 Å². The summed E-state index contributed by atoms with van der Waals surface area (Å²) in [6.07, 6.45) is 4.73. The molecule has 2 rings (SSSR count). The predicted molar refractivity (Wildman–Crippen MR) is 92.6 cm³/mol. The van der Waals surface area contributed by atoms with Crippen LogP contribution in [0.15, 0.2) is 36.4 Å². The number of benzene rings is 1. The standard InChI is InChI=1S/C17H21N5O2/c1-3-5-10-15(23)24-11-14-20-16(18)22-17(21-14)19-13-9-7-6-8-12(13)4-2/h5-10H,3-4,11H2,1-2H3,(H3,18,19,20,21,22)/b10-5+. The predicted octanol–water partition coefficient (Wildman–Crippen LogP) is 2.77. The lowest BCUT2D eigenvalue weighted by molar-refractivity contribution is -0.139. The number of carbonyl (C=O) groups is 1. The molecule has 3 N–H and O–H groups in total. The summed E-state index contributed by atoms with van der Waals surface area (Å²) in [4.78, 5) is 23.8. The smallest absolute Gasteiger partial charge is 0.330 e. The summed E-state index contributed by atoms with van der Waals surface area (Å²) in [5.41, 5.74) is 7.75. The van der Waals surface area contributed by atoms with E-state index in [1.165, 1.54) is 6.08 Å². The number of allylic oxidation sites excluding steroid dienone is 1. The highest BCUT2D eigenvalue weighted by Gasteiger charge is 2.08. The van der Waals surface area contributed by atoms with Crippen LogP contribution in [0.3, 0.4) is 0 Å². The highest BCUT2D eigenvalue weighted by atomic mass is 16.5. The van der Waals surface area contributed by atoms with Gasteiger partial charge in [-0.1, -0.05) is 38.1 Å². The van der Waals surface area contributed by atoms with Gasteiger partial charge in [-0.15, -0.1) is 0 Å². The number of ether oxygens (including phenoxy) is 1. The Morgan fingerprint density at radius 3 is 2.79 bits per heavy atom. The van der Waals surface area contributed by atoms with E-state index in [4.69, 9.17) is 10.5 Å². The van der Waals surface area contributed by atoms with Gasteiger partial charge in [0.25, 0.3) is 0 Å². The van der Waals surface area contributed by atoms with Gasteiger partial charge in [0.2, 0.25) is 11.9 Å². The van der Waals surface area contributed by atoms with Gasteiger partial charge in [-0.25, -0.2) is 4.79 Å². The summed E-state index contributed by atoms with van der Waals surface area (Å²) in [5, 5.41) is 3.13. The molecule has 0 unspecified atom stereocenters. The van der Waals surface area contributed by atoms with Crippen LogP contribution in [0.1, 0.15) is 31.7 Å². The third-order valence-electron chi connectivity index (χ3n) is 3.18. The highest BCUT2D eigenvalue weighted by Crippen LogP contribution is 2.19. The number of nitrogens with two attached hydrogens (primary N) is 1. The molecule has 1 aromatic heterocycles. The number of nitrogens with zero attached hydrogens (tertiary/aromatic N) is 3. The van der Waals surface area contributed by atoms with Crippen molar-refractivity contribution in [1.29, 1.82) is 0 Å². The minimum Gasteiger partial charge on any atom is -0.454 e. The number of carbonyl (C=O) groups excluding carboxylic acids is 1. The number of hydrogen-bond donors (Lipinski definition) is 2. The van der Waals surface area contributed by atoms with Crippen LogP contribution in [0, 0.1) is 0 Å². The number of para-hydroxylation sites is 1. The zero-order valence-corrected chi connectivity index (χ0v) is 13.8. The van der Waals surface area contributed by atoms with Gasteiger partial charge in [-0.05, 0) is 24.5 Å². The molecule has 0 saturated carbocycles. The number of esters is 1. The van der Waals surface area contributed by atoms with Crippen LogP contribution in [0.4, 0.5) is 17.6 Å². The second-order valence-corrected chi connectivity index (χ2v) is 4.99. The van der Waals surface area contributed by atoms with Gasteiger partial charge in [0.05, 0.1) is 0 Å². The maximum atomic E-state index is 11.5. The molecule has 7 heteroatoms. The Morgan fingerprint density at radius 1 is 1.25 bits per heavy atom. The van der Waals surface area contributed by atoms with Crippen LogP contribution in [-0.2, 0) is 22.6 Å². The Kier molecular flexibility index (Phi) is 6.24. The Hall–Kier alpha value is -2.96. The van der Waals surface area contributed by atoms with E-state index < -0.39 is 5.97 Å². The first-order valence-corrected chi connectivity index (χ1v) is 7.81. The van der Waals surface area contributed by atoms with Crippen LogP contribution in [-0.4, -0.2) is 20.9 Å². The first-order chi connectivity index (χ1) is 11.6. The van der Waals surface area contributed by atoms with Gasteiger partial charge in [-0.3, -0.25) is 0 Å². The van der Waals surface area contributed by atoms with Crippen LogP contribution < -0.4 is 11.1 Å². The molecule has 0 radical (unpaired) electrons. The Bertz CT molecular complexity index is 731. The minimum absolute atomic E-state index is 0.0658. The van der Waals surface area contributed by atoms with Gasteiger partial charge in [-0.2, -0.15) is 15.0 Å². The third kappa shape index (κ3) is 5.05. The van der Waals surface area contributed by atoms with Gasteiger partial charge in [0, 0.05) is 11.8 Å². The second kappa shape index (κ2) is 8.61. The zero-order valence-electron chi connectivity index (χ0n) is 13.8. The molecule has 0 spiro atoms. The fourth-order valence-corrected chi connectivity index (χ4v) is 2.03. The number of nitrogen functional groups attached to an aromatic ring is 1. The van der Waals surface area contributed by atoms with Crippen molar-refractivity contribution in [2.75, 3.05) is 11.1 Å². The van der Waals surface area contributed by atoms with Crippen molar-refractivity contribution in [1.82, 2.24) is 15.0 Å². The average molecular weight is 327 g/mol. The summed E-state index contributed by atoms with van der Waals surface area (Å²) in [6.45, 7) is 3.93. The van der Waals surface area contributed by atoms with E-state index in [0.717, 1.165) is 24.1 Å². The lowest BCUT2D eigenvalue weighted by atomic mass is 10.1. The van der Waals surface area contributed by atoms with Crippen molar-refractivity contribution in [2.24, 2.45) is 0 Å². The Morgan fingerprint density at radius 2 is 2.04 bits per heavy atom. The molecular formula is C17H21N5O2. The number of nitrogens with one attached hydrogen (secondary N) is 1. The van der Waals surface area contributed by atoms with Gasteiger partial charge in [0.1, 0.15) is 0 Å². The molecule has 0 fully saturated rings. The first kappa shape index (κ1) is 17.4. The summed E-state index contributed by atoms with van der Waals surface area (Å²) < 4.78 is 5.07. The maximum absolute atomic E-state index is 11.5. The second-order valence-electron chi connectivity index (χ2n) is 4.99. The van der Waals surface area contributed by atoms with E-state index in [1.54, 1.807) is 6.08 Å². The SMILES string of the molecule is CC/C=C/C(=O)OCc1nc(N)nc(Nc2ccccc2CC)n1. The molecule has 24 heavy (non-hydrogen) atoms. The van der Waals surface area contributed by atoms with E-state index in [2.05, 4.69) is 27.2 Å². The van der Waals surface area contributed by atoms with Crippen LogP contribution in [0.5, 0.6) is 0 Å². The van der Waals surface area contributed by atoms with Crippen LogP contribution >= 0.6 is 0 Å². The largest absolute Gasteiger partial charge is 0.454 e.